The number of rotatable bonds is 5. The largest absolute Gasteiger partial charge is 0.480 e. The smallest absolute Gasteiger partial charge is 0.322 e. The van der Waals surface area contributed by atoms with Gasteiger partial charge in [-0.1, -0.05) is 0 Å². The Morgan fingerprint density at radius 2 is 1.94 bits per heavy atom. The Balaban J connectivity index is 2.31. The normalized spacial score (nSPS) is 9.56. The molecule has 1 heterocycles. The maximum atomic E-state index is 11.1. The van der Waals surface area contributed by atoms with Crippen LogP contribution in [0, 0.1) is 6.92 Å². The Bertz CT molecular complexity index is 377. The van der Waals surface area contributed by atoms with Crippen LogP contribution >= 0.6 is 0 Å². The van der Waals surface area contributed by atoms with Crippen LogP contribution < -0.4 is 10.6 Å². The average Bonchev–Trinajstić information content (AvgIpc) is 2.25. The number of hydrogen-bond donors (Lipinski definition) is 3. The van der Waals surface area contributed by atoms with Crippen molar-refractivity contribution in [2.24, 2.45) is 0 Å². The van der Waals surface area contributed by atoms with Gasteiger partial charge in [-0.15, -0.1) is 0 Å². The van der Waals surface area contributed by atoms with Gasteiger partial charge < -0.3 is 15.7 Å². The van der Waals surface area contributed by atoms with E-state index < -0.39 is 18.4 Å². The number of carboxylic acids is 1. The zero-order valence-electron chi connectivity index (χ0n) is 8.73. The van der Waals surface area contributed by atoms with Crippen molar-refractivity contribution in [2.75, 3.05) is 18.4 Å². The molecule has 7 heteroatoms. The number of nitrogens with zero attached hydrogens (tertiary/aromatic N) is 2. The number of nitrogens with one attached hydrogen (secondary N) is 2. The second kappa shape index (κ2) is 5.64. The van der Waals surface area contributed by atoms with Crippen LogP contribution in [0.2, 0.25) is 0 Å². The molecule has 86 valence electrons. The third-order valence-electron chi connectivity index (χ3n) is 1.62. The van der Waals surface area contributed by atoms with Crippen LogP contribution in [0.4, 0.5) is 5.95 Å². The molecule has 1 aromatic heterocycles. The summed E-state index contributed by atoms with van der Waals surface area (Å²) < 4.78 is 0. The molecule has 0 bridgehead atoms. The van der Waals surface area contributed by atoms with Crippen molar-refractivity contribution in [3.05, 3.63) is 18.0 Å². The lowest BCUT2D eigenvalue weighted by atomic mass is 10.4. The maximum Gasteiger partial charge on any atom is 0.322 e. The predicted octanol–water partition coefficient (Wildman–Crippen LogP) is -0.602. The van der Waals surface area contributed by atoms with Crippen molar-refractivity contribution in [3.8, 4) is 0 Å². The van der Waals surface area contributed by atoms with E-state index in [0.29, 0.717) is 5.95 Å². The van der Waals surface area contributed by atoms with E-state index >= 15 is 0 Å². The molecule has 0 saturated carbocycles. The third-order valence-corrected chi connectivity index (χ3v) is 1.62. The van der Waals surface area contributed by atoms with Gasteiger partial charge in [-0.3, -0.25) is 9.59 Å². The highest BCUT2D eigenvalue weighted by Crippen LogP contribution is 1.97. The minimum atomic E-state index is -1.08. The first kappa shape index (κ1) is 11.9. The predicted molar refractivity (Wildman–Crippen MR) is 55.9 cm³/mol. The second-order valence-electron chi connectivity index (χ2n) is 3.11. The average molecular weight is 224 g/mol. The van der Waals surface area contributed by atoms with E-state index in [-0.39, 0.29) is 6.54 Å². The second-order valence-corrected chi connectivity index (χ2v) is 3.11. The first-order valence-corrected chi connectivity index (χ1v) is 4.59. The van der Waals surface area contributed by atoms with Crippen LogP contribution in [-0.4, -0.2) is 40.0 Å². The minimum absolute atomic E-state index is 0.0592. The van der Waals surface area contributed by atoms with Crippen LogP contribution in [0.25, 0.3) is 0 Å². The Kier molecular flexibility index (Phi) is 4.19. The molecule has 0 aliphatic rings. The summed E-state index contributed by atoms with van der Waals surface area (Å²) in [6, 6.07) is 0. The van der Waals surface area contributed by atoms with Gasteiger partial charge in [-0.05, 0) is 12.5 Å². The maximum absolute atomic E-state index is 11.1. The van der Waals surface area contributed by atoms with E-state index in [1.165, 1.54) is 0 Å². The van der Waals surface area contributed by atoms with E-state index in [0.717, 1.165) is 5.56 Å². The number of aromatic nitrogens is 2. The van der Waals surface area contributed by atoms with Gasteiger partial charge in [0.05, 0.1) is 6.54 Å². The third kappa shape index (κ3) is 4.36. The van der Waals surface area contributed by atoms with E-state index in [9.17, 15) is 9.59 Å². The molecule has 0 aliphatic carbocycles. The molecule has 0 radical (unpaired) electrons. The van der Waals surface area contributed by atoms with Crippen LogP contribution in [0.1, 0.15) is 5.56 Å². The summed E-state index contributed by atoms with van der Waals surface area (Å²) in [6.07, 6.45) is 3.23. The van der Waals surface area contributed by atoms with Crippen molar-refractivity contribution in [2.45, 2.75) is 6.92 Å². The molecule has 16 heavy (non-hydrogen) atoms. The Morgan fingerprint density at radius 3 is 2.50 bits per heavy atom. The molecule has 7 nitrogen and oxygen atoms in total. The lowest BCUT2D eigenvalue weighted by Gasteiger charge is -2.04. The van der Waals surface area contributed by atoms with Gasteiger partial charge in [0.15, 0.2) is 0 Å². The summed E-state index contributed by atoms with van der Waals surface area (Å²) in [5.74, 6) is -1.18. The number of carboxylic acid groups (broad SMARTS) is 1. The summed E-state index contributed by atoms with van der Waals surface area (Å²) in [6.45, 7) is 1.40. The fraction of sp³-hybridized carbons (Fsp3) is 0.333. The van der Waals surface area contributed by atoms with Gasteiger partial charge in [-0.25, -0.2) is 9.97 Å². The number of carbonyl (C=O) groups excluding carboxylic acids is 1. The highest BCUT2D eigenvalue weighted by molar-refractivity contribution is 5.83. The summed E-state index contributed by atoms with van der Waals surface area (Å²) in [4.78, 5) is 29.1. The van der Waals surface area contributed by atoms with Gasteiger partial charge >= 0.3 is 5.97 Å². The molecule has 0 aliphatic heterocycles. The highest BCUT2D eigenvalue weighted by atomic mass is 16.4. The first-order chi connectivity index (χ1) is 7.58. The molecule has 1 aromatic rings. The number of carbonyl (C=O) groups is 2. The Labute approximate surface area is 91.9 Å². The molecule has 0 unspecified atom stereocenters. The van der Waals surface area contributed by atoms with Crippen LogP contribution in [0.5, 0.6) is 0 Å². The number of anilines is 1. The standard InChI is InChI=1S/C9H12N4O3/c1-6-2-11-9(12-3-6)13-4-7(14)10-5-8(15)16/h2-3H,4-5H2,1H3,(H,10,14)(H,15,16)(H,11,12,13). The van der Waals surface area contributed by atoms with Crippen molar-refractivity contribution < 1.29 is 14.7 Å². The first-order valence-electron chi connectivity index (χ1n) is 4.59. The molecule has 0 atom stereocenters. The van der Waals surface area contributed by atoms with Gasteiger partial charge in [0.25, 0.3) is 0 Å². The van der Waals surface area contributed by atoms with Crippen molar-refractivity contribution in [3.63, 3.8) is 0 Å². The summed E-state index contributed by atoms with van der Waals surface area (Å²) in [7, 11) is 0. The molecular formula is C9H12N4O3. The number of hydrogen-bond acceptors (Lipinski definition) is 5. The fourth-order valence-corrected chi connectivity index (χ4v) is 0.880. The van der Waals surface area contributed by atoms with Crippen LogP contribution in [0.3, 0.4) is 0 Å². The molecule has 0 fully saturated rings. The lowest BCUT2D eigenvalue weighted by Crippen LogP contribution is -2.34. The zero-order valence-corrected chi connectivity index (χ0v) is 8.73. The quantitative estimate of drug-likeness (QED) is 0.616. The topological polar surface area (TPSA) is 104 Å². The van der Waals surface area contributed by atoms with Gasteiger partial charge in [0, 0.05) is 12.4 Å². The molecule has 0 spiro atoms. The Hall–Kier alpha value is -2.18. The summed E-state index contributed by atoms with van der Waals surface area (Å²) in [5, 5.41) is 13.2. The zero-order chi connectivity index (χ0) is 12.0. The van der Waals surface area contributed by atoms with Gasteiger partial charge in [-0.2, -0.15) is 0 Å². The molecule has 3 N–H and O–H groups in total. The van der Waals surface area contributed by atoms with Crippen molar-refractivity contribution >= 4 is 17.8 Å². The molecule has 0 saturated heterocycles. The minimum Gasteiger partial charge on any atom is -0.480 e. The van der Waals surface area contributed by atoms with E-state index in [4.69, 9.17) is 5.11 Å². The molecule has 1 rings (SSSR count). The van der Waals surface area contributed by atoms with Gasteiger partial charge in [0.1, 0.15) is 6.54 Å². The lowest BCUT2D eigenvalue weighted by molar-refractivity contribution is -0.137. The monoisotopic (exact) mass is 224 g/mol. The summed E-state index contributed by atoms with van der Waals surface area (Å²) >= 11 is 0. The number of amides is 1. The van der Waals surface area contributed by atoms with E-state index in [2.05, 4.69) is 20.6 Å². The van der Waals surface area contributed by atoms with Crippen molar-refractivity contribution in [1.82, 2.24) is 15.3 Å². The summed E-state index contributed by atoms with van der Waals surface area (Å²) in [5.41, 5.74) is 0.917. The fourth-order valence-electron chi connectivity index (χ4n) is 0.880. The molecule has 1 amide bonds. The SMILES string of the molecule is Cc1cnc(NCC(=O)NCC(=O)O)nc1. The van der Waals surface area contributed by atoms with E-state index in [1.807, 2.05) is 6.92 Å². The molecule has 0 aromatic carbocycles. The Morgan fingerprint density at radius 1 is 1.31 bits per heavy atom. The van der Waals surface area contributed by atoms with Crippen LogP contribution in [0.15, 0.2) is 12.4 Å². The van der Waals surface area contributed by atoms with E-state index in [1.54, 1.807) is 12.4 Å². The van der Waals surface area contributed by atoms with Gasteiger partial charge in [0.2, 0.25) is 11.9 Å². The number of aryl methyl sites for hydroxylation is 1. The van der Waals surface area contributed by atoms with Crippen LogP contribution in [-0.2, 0) is 9.59 Å². The molecular weight excluding hydrogens is 212 g/mol. The highest BCUT2D eigenvalue weighted by Gasteiger charge is 2.04. The number of aliphatic carboxylic acids is 1. The van der Waals surface area contributed by atoms with Crippen molar-refractivity contribution in [1.29, 1.82) is 0 Å².